The number of aryl methyl sites for hydroxylation is 1. The highest BCUT2D eigenvalue weighted by Gasteiger charge is 2.21. The molecule has 2 N–H and O–H groups in total. The first-order valence-corrected chi connectivity index (χ1v) is 11.3. The Morgan fingerprint density at radius 3 is 2.76 bits per heavy atom. The Balaban J connectivity index is 1.43. The van der Waals surface area contributed by atoms with Gasteiger partial charge in [0.15, 0.2) is 5.96 Å². The number of hydrogen-bond donors (Lipinski definition) is 2. The van der Waals surface area contributed by atoms with Crippen LogP contribution in [0, 0.1) is 6.92 Å². The van der Waals surface area contributed by atoms with Crippen LogP contribution in [0.1, 0.15) is 44.6 Å². The topological polar surface area (TPSA) is 58.1 Å². The molecule has 6 nitrogen and oxygen atoms in total. The third-order valence-corrected chi connectivity index (χ3v) is 5.60. The van der Waals surface area contributed by atoms with E-state index in [1.165, 1.54) is 24.1 Å². The minimum absolute atomic E-state index is 0.370. The molecule has 3 rings (SSSR count). The molecule has 1 aromatic rings. The highest BCUT2D eigenvalue weighted by Crippen LogP contribution is 2.20. The van der Waals surface area contributed by atoms with Crippen molar-refractivity contribution in [2.24, 2.45) is 4.99 Å². The van der Waals surface area contributed by atoms with Crippen LogP contribution in [-0.2, 0) is 9.47 Å². The lowest BCUT2D eigenvalue weighted by Crippen LogP contribution is -2.51. The Kier molecular flexibility index (Phi) is 9.09. The summed E-state index contributed by atoms with van der Waals surface area (Å²) in [5.41, 5.74) is 2.62. The molecule has 29 heavy (non-hydrogen) atoms. The molecule has 2 aliphatic heterocycles. The maximum atomic E-state index is 5.95. The van der Waals surface area contributed by atoms with Crippen LogP contribution in [0.2, 0.25) is 0 Å². The summed E-state index contributed by atoms with van der Waals surface area (Å²) in [7, 11) is 0. The number of aliphatic imine (C=N–C) groups is 1. The van der Waals surface area contributed by atoms with Crippen molar-refractivity contribution in [3.8, 4) is 0 Å². The van der Waals surface area contributed by atoms with Crippen molar-refractivity contribution in [3.05, 3.63) is 29.8 Å². The van der Waals surface area contributed by atoms with E-state index in [1.807, 2.05) is 0 Å². The second-order valence-electron chi connectivity index (χ2n) is 8.06. The molecule has 6 heteroatoms. The van der Waals surface area contributed by atoms with Crippen LogP contribution in [0.25, 0.3) is 0 Å². The van der Waals surface area contributed by atoms with Gasteiger partial charge in [0.05, 0.1) is 6.10 Å². The zero-order chi connectivity index (χ0) is 20.3. The van der Waals surface area contributed by atoms with Crippen molar-refractivity contribution in [1.29, 1.82) is 0 Å². The largest absolute Gasteiger partial charge is 0.381 e. The minimum Gasteiger partial charge on any atom is -0.381 e. The van der Waals surface area contributed by atoms with Crippen LogP contribution < -0.4 is 15.5 Å². The fraction of sp³-hybridized carbons (Fsp3) is 0.696. The Morgan fingerprint density at radius 1 is 1.21 bits per heavy atom. The Hall–Kier alpha value is -1.79. The van der Waals surface area contributed by atoms with Gasteiger partial charge in [-0.2, -0.15) is 0 Å². The average Bonchev–Trinajstić information content (AvgIpc) is 2.75. The van der Waals surface area contributed by atoms with E-state index in [-0.39, 0.29) is 0 Å². The summed E-state index contributed by atoms with van der Waals surface area (Å²) in [5.74, 6) is 0.925. The second-order valence-corrected chi connectivity index (χ2v) is 8.06. The van der Waals surface area contributed by atoms with Crippen molar-refractivity contribution < 1.29 is 9.47 Å². The molecule has 1 unspecified atom stereocenters. The molecular formula is C23H38N4O2. The fourth-order valence-electron chi connectivity index (χ4n) is 3.95. The van der Waals surface area contributed by atoms with Crippen molar-refractivity contribution in [3.63, 3.8) is 0 Å². The first-order valence-electron chi connectivity index (χ1n) is 11.3. The number of nitrogens with zero attached hydrogens (tertiary/aromatic N) is 2. The van der Waals surface area contributed by atoms with Gasteiger partial charge in [-0.3, -0.25) is 4.99 Å². The predicted octanol–water partition coefficient (Wildman–Crippen LogP) is 3.10. The van der Waals surface area contributed by atoms with Crippen LogP contribution in [0.4, 0.5) is 5.69 Å². The predicted molar refractivity (Wildman–Crippen MR) is 120 cm³/mol. The molecular weight excluding hydrogens is 364 g/mol. The molecule has 0 radical (unpaired) electrons. The monoisotopic (exact) mass is 402 g/mol. The molecule has 2 saturated heterocycles. The van der Waals surface area contributed by atoms with Gasteiger partial charge in [-0.05, 0) is 58.1 Å². The summed E-state index contributed by atoms with van der Waals surface area (Å²) in [6.45, 7) is 10.5. The summed E-state index contributed by atoms with van der Waals surface area (Å²) in [4.78, 5) is 7.25. The zero-order valence-electron chi connectivity index (χ0n) is 18.2. The number of piperidine rings is 1. The zero-order valence-corrected chi connectivity index (χ0v) is 18.2. The molecule has 0 bridgehead atoms. The average molecular weight is 403 g/mol. The van der Waals surface area contributed by atoms with Crippen molar-refractivity contribution in [1.82, 2.24) is 10.6 Å². The van der Waals surface area contributed by atoms with E-state index in [0.29, 0.717) is 12.1 Å². The second kappa shape index (κ2) is 12.0. The molecule has 0 spiro atoms. The van der Waals surface area contributed by atoms with E-state index >= 15 is 0 Å². The molecule has 0 amide bonds. The van der Waals surface area contributed by atoms with E-state index in [1.54, 1.807) is 0 Å². The third kappa shape index (κ3) is 7.52. The molecule has 1 aromatic carbocycles. The van der Waals surface area contributed by atoms with Gasteiger partial charge in [0.25, 0.3) is 0 Å². The van der Waals surface area contributed by atoms with Crippen LogP contribution >= 0.6 is 0 Å². The maximum Gasteiger partial charge on any atom is 0.191 e. The summed E-state index contributed by atoms with van der Waals surface area (Å²) >= 11 is 0. The molecule has 0 aromatic heterocycles. The van der Waals surface area contributed by atoms with Crippen molar-refractivity contribution in [2.45, 2.75) is 58.1 Å². The molecule has 2 aliphatic rings. The molecule has 1 atom stereocenters. The quantitative estimate of drug-likeness (QED) is 0.398. The van der Waals surface area contributed by atoms with E-state index in [2.05, 4.69) is 53.6 Å². The van der Waals surface area contributed by atoms with Gasteiger partial charge in [-0.15, -0.1) is 0 Å². The fourth-order valence-corrected chi connectivity index (χ4v) is 3.95. The minimum atomic E-state index is 0.370. The number of anilines is 1. The van der Waals surface area contributed by atoms with Crippen LogP contribution in [0.5, 0.6) is 0 Å². The number of guanidine groups is 1. The van der Waals surface area contributed by atoms with Crippen LogP contribution in [0.15, 0.2) is 29.3 Å². The Morgan fingerprint density at radius 2 is 2.00 bits per heavy atom. The van der Waals surface area contributed by atoms with E-state index < -0.39 is 0 Å². The van der Waals surface area contributed by atoms with Gasteiger partial charge in [-0.1, -0.05) is 17.7 Å². The van der Waals surface area contributed by atoms with E-state index in [9.17, 15) is 0 Å². The van der Waals surface area contributed by atoms with Crippen molar-refractivity contribution >= 4 is 11.6 Å². The van der Waals surface area contributed by atoms with Crippen LogP contribution in [0.3, 0.4) is 0 Å². The van der Waals surface area contributed by atoms with Gasteiger partial charge in [0.2, 0.25) is 0 Å². The lowest BCUT2D eigenvalue weighted by molar-refractivity contribution is -0.0318. The van der Waals surface area contributed by atoms with E-state index in [4.69, 9.17) is 14.5 Å². The highest BCUT2D eigenvalue weighted by atomic mass is 16.5. The number of nitrogens with one attached hydrogen (secondary N) is 2. The van der Waals surface area contributed by atoms with Gasteiger partial charge >= 0.3 is 0 Å². The summed E-state index contributed by atoms with van der Waals surface area (Å²) in [5, 5.41) is 7.04. The summed E-state index contributed by atoms with van der Waals surface area (Å²) in [6.07, 6.45) is 5.74. The van der Waals surface area contributed by atoms with Crippen LogP contribution in [-0.4, -0.2) is 64.1 Å². The lowest BCUT2D eigenvalue weighted by atomic mass is 10.0. The number of hydrogen-bond acceptors (Lipinski definition) is 4. The first kappa shape index (κ1) is 21.9. The Bertz CT molecular complexity index is 614. The molecule has 0 aliphatic carbocycles. The normalized spacial score (nSPS) is 21.2. The summed E-state index contributed by atoms with van der Waals surface area (Å²) in [6, 6.07) is 9.27. The maximum absolute atomic E-state index is 5.95. The molecule has 0 saturated carbocycles. The summed E-state index contributed by atoms with van der Waals surface area (Å²) < 4.78 is 11.3. The Labute approximate surface area is 176 Å². The molecule has 2 fully saturated rings. The van der Waals surface area contributed by atoms with Gasteiger partial charge in [0.1, 0.15) is 0 Å². The third-order valence-electron chi connectivity index (χ3n) is 5.60. The number of rotatable bonds is 8. The van der Waals surface area contributed by atoms with Gasteiger partial charge < -0.3 is 25.0 Å². The molecule has 2 heterocycles. The smallest absolute Gasteiger partial charge is 0.191 e. The van der Waals surface area contributed by atoms with Gasteiger partial charge in [-0.25, -0.2) is 0 Å². The van der Waals surface area contributed by atoms with Gasteiger partial charge in [0, 0.05) is 57.7 Å². The highest BCUT2D eigenvalue weighted by molar-refractivity contribution is 5.80. The molecule has 162 valence electrons. The van der Waals surface area contributed by atoms with Crippen molar-refractivity contribution in [2.75, 3.05) is 50.9 Å². The van der Waals surface area contributed by atoms with E-state index in [0.717, 1.165) is 71.2 Å². The lowest BCUT2D eigenvalue weighted by Gasteiger charge is -2.35. The SMILES string of the molecule is CCNC(=NCCCOC1CCOCC1)NC1CCCN(c2ccc(C)cc2)C1. The standard InChI is InChI=1S/C23H38N4O2/c1-3-24-23(25-13-5-15-29-22-11-16-28-17-12-22)26-20-6-4-14-27(18-20)21-9-7-19(2)8-10-21/h7-10,20,22H,3-6,11-18H2,1-2H3,(H2,24,25,26). The number of ether oxygens (including phenoxy) is 2. The first-order chi connectivity index (χ1) is 14.2. The number of benzene rings is 1.